The predicted octanol–water partition coefficient (Wildman–Crippen LogP) is 2.40. The van der Waals surface area contributed by atoms with Crippen LogP contribution >= 0.6 is 0 Å². The molecule has 2 unspecified atom stereocenters. The largest absolute Gasteiger partial charge is 0.373 e. The highest BCUT2D eigenvalue weighted by atomic mass is 16.5. The fourth-order valence-electron chi connectivity index (χ4n) is 3.34. The van der Waals surface area contributed by atoms with Crippen LogP contribution in [-0.2, 0) is 4.74 Å². The first kappa shape index (κ1) is 15.5. The summed E-state index contributed by atoms with van der Waals surface area (Å²) in [4.78, 5) is 14.7. The van der Waals surface area contributed by atoms with Gasteiger partial charge in [0.25, 0.3) is 5.91 Å². The van der Waals surface area contributed by atoms with E-state index < -0.39 is 0 Å². The summed E-state index contributed by atoms with van der Waals surface area (Å²) in [6.45, 7) is 7.83. The van der Waals surface area contributed by atoms with Crippen molar-refractivity contribution in [2.45, 2.75) is 44.8 Å². The molecule has 1 aromatic carbocycles. The van der Waals surface area contributed by atoms with Crippen molar-refractivity contribution in [1.29, 1.82) is 0 Å². The molecule has 4 heteroatoms. The molecule has 2 aliphatic rings. The Hall–Kier alpha value is -1.39. The number of carbonyl (C=O) groups is 1. The van der Waals surface area contributed by atoms with Gasteiger partial charge in [-0.15, -0.1) is 0 Å². The van der Waals surface area contributed by atoms with Gasteiger partial charge in [0.2, 0.25) is 0 Å². The summed E-state index contributed by atoms with van der Waals surface area (Å²) in [7, 11) is 0. The van der Waals surface area contributed by atoms with Crippen LogP contribution in [0.1, 0.15) is 48.5 Å². The highest BCUT2D eigenvalue weighted by Crippen LogP contribution is 2.22. The topological polar surface area (TPSA) is 41.6 Å². The number of rotatable bonds is 4. The van der Waals surface area contributed by atoms with E-state index >= 15 is 0 Å². The summed E-state index contributed by atoms with van der Waals surface area (Å²) in [5, 5.41) is 3.01. The molecule has 1 amide bonds. The molecule has 2 fully saturated rings. The quantitative estimate of drug-likeness (QED) is 0.928. The second-order valence-corrected chi connectivity index (χ2v) is 6.73. The lowest BCUT2D eigenvalue weighted by molar-refractivity contribution is -0.0461. The van der Waals surface area contributed by atoms with Crippen LogP contribution in [0.4, 0.5) is 0 Å². The molecule has 0 bridgehead atoms. The third kappa shape index (κ3) is 3.50. The maximum absolute atomic E-state index is 12.2. The molecule has 2 atom stereocenters. The fourth-order valence-corrected chi connectivity index (χ4v) is 3.34. The van der Waals surface area contributed by atoms with Crippen molar-refractivity contribution < 1.29 is 9.53 Å². The van der Waals surface area contributed by atoms with Gasteiger partial charge >= 0.3 is 0 Å². The third-order valence-corrected chi connectivity index (χ3v) is 4.79. The number of nitrogens with zero attached hydrogens (tertiary/aromatic N) is 1. The minimum atomic E-state index is -0.0116. The minimum Gasteiger partial charge on any atom is -0.373 e. The van der Waals surface area contributed by atoms with Gasteiger partial charge in [0.1, 0.15) is 0 Å². The Morgan fingerprint density at radius 2 is 2.14 bits per heavy atom. The van der Waals surface area contributed by atoms with Gasteiger partial charge in [0.15, 0.2) is 0 Å². The number of fused-ring (bicyclic) bond motifs is 1. The molecule has 2 heterocycles. The molecule has 0 saturated carbocycles. The maximum Gasteiger partial charge on any atom is 0.251 e. The van der Waals surface area contributed by atoms with Gasteiger partial charge in [0, 0.05) is 24.7 Å². The van der Waals surface area contributed by atoms with E-state index in [2.05, 4.69) is 24.1 Å². The monoisotopic (exact) mass is 302 g/mol. The zero-order chi connectivity index (χ0) is 15.5. The van der Waals surface area contributed by atoms with Crippen LogP contribution in [0.15, 0.2) is 24.3 Å². The molecule has 1 N–H and O–H groups in total. The van der Waals surface area contributed by atoms with Gasteiger partial charge in [0.05, 0.1) is 12.7 Å². The van der Waals surface area contributed by atoms with Gasteiger partial charge < -0.3 is 10.1 Å². The van der Waals surface area contributed by atoms with Gasteiger partial charge in [-0.25, -0.2) is 0 Å². The highest BCUT2D eigenvalue weighted by Gasteiger charge is 2.32. The number of nitrogens with one attached hydrogen (secondary N) is 1. The van der Waals surface area contributed by atoms with Crippen molar-refractivity contribution >= 4 is 5.91 Å². The molecule has 0 radical (unpaired) electrons. The van der Waals surface area contributed by atoms with E-state index in [0.717, 1.165) is 18.7 Å². The standard InChI is InChI=1S/C18H26N2O2/c1-13(2)14-5-7-15(8-6-14)18(21)19-10-17-11-20-9-3-4-16(20)12-22-17/h5-8,13,16-17H,3-4,9-12H2,1-2H3,(H,19,21). The Morgan fingerprint density at radius 3 is 2.86 bits per heavy atom. The highest BCUT2D eigenvalue weighted by molar-refractivity contribution is 5.94. The van der Waals surface area contributed by atoms with Crippen molar-refractivity contribution in [2.24, 2.45) is 0 Å². The van der Waals surface area contributed by atoms with E-state index in [1.54, 1.807) is 0 Å². The lowest BCUT2D eigenvalue weighted by atomic mass is 10.0. The van der Waals surface area contributed by atoms with Gasteiger partial charge in [-0.3, -0.25) is 9.69 Å². The van der Waals surface area contributed by atoms with Crippen molar-refractivity contribution in [3.8, 4) is 0 Å². The van der Waals surface area contributed by atoms with E-state index in [1.165, 1.54) is 24.9 Å². The Labute approximate surface area is 132 Å². The number of carbonyl (C=O) groups excluding carboxylic acids is 1. The molecule has 2 aliphatic heterocycles. The number of amides is 1. The fraction of sp³-hybridized carbons (Fsp3) is 0.611. The van der Waals surface area contributed by atoms with Crippen molar-refractivity contribution in [3.63, 3.8) is 0 Å². The normalized spacial score (nSPS) is 25.2. The van der Waals surface area contributed by atoms with Crippen LogP contribution in [0.25, 0.3) is 0 Å². The average Bonchev–Trinajstić information content (AvgIpc) is 3.00. The molecule has 22 heavy (non-hydrogen) atoms. The average molecular weight is 302 g/mol. The van der Waals surface area contributed by atoms with E-state index in [9.17, 15) is 4.79 Å². The Kier molecular flexibility index (Phi) is 4.79. The van der Waals surface area contributed by atoms with Crippen molar-refractivity contribution in [2.75, 3.05) is 26.2 Å². The summed E-state index contributed by atoms with van der Waals surface area (Å²) < 4.78 is 5.87. The van der Waals surface area contributed by atoms with Crippen LogP contribution in [0.5, 0.6) is 0 Å². The van der Waals surface area contributed by atoms with Crippen LogP contribution in [-0.4, -0.2) is 49.2 Å². The van der Waals surface area contributed by atoms with Gasteiger partial charge in [-0.2, -0.15) is 0 Å². The van der Waals surface area contributed by atoms with Gasteiger partial charge in [-0.05, 0) is 43.0 Å². The lowest BCUT2D eigenvalue weighted by Gasteiger charge is -2.35. The molecular formula is C18H26N2O2. The van der Waals surface area contributed by atoms with Crippen LogP contribution in [0.2, 0.25) is 0 Å². The molecule has 0 aliphatic carbocycles. The summed E-state index contributed by atoms with van der Waals surface area (Å²) in [6, 6.07) is 8.48. The summed E-state index contributed by atoms with van der Waals surface area (Å²) >= 11 is 0. The molecule has 0 spiro atoms. The van der Waals surface area contributed by atoms with Crippen LogP contribution < -0.4 is 5.32 Å². The zero-order valence-corrected chi connectivity index (χ0v) is 13.5. The second-order valence-electron chi connectivity index (χ2n) is 6.73. The Balaban J connectivity index is 1.49. The zero-order valence-electron chi connectivity index (χ0n) is 13.5. The molecule has 1 aromatic rings. The maximum atomic E-state index is 12.2. The van der Waals surface area contributed by atoms with Crippen molar-refractivity contribution in [3.05, 3.63) is 35.4 Å². The third-order valence-electron chi connectivity index (χ3n) is 4.79. The Bertz CT molecular complexity index is 512. The van der Waals surface area contributed by atoms with E-state index in [1.807, 2.05) is 24.3 Å². The number of hydrogen-bond donors (Lipinski definition) is 1. The van der Waals surface area contributed by atoms with Gasteiger partial charge in [-0.1, -0.05) is 26.0 Å². The predicted molar refractivity (Wildman–Crippen MR) is 87.2 cm³/mol. The van der Waals surface area contributed by atoms with Crippen LogP contribution in [0, 0.1) is 0 Å². The smallest absolute Gasteiger partial charge is 0.251 e. The molecule has 0 aromatic heterocycles. The molecule has 3 rings (SSSR count). The number of benzene rings is 1. The lowest BCUT2D eigenvalue weighted by Crippen LogP contribution is -2.50. The number of morpholine rings is 1. The first-order valence-electron chi connectivity index (χ1n) is 8.37. The first-order valence-corrected chi connectivity index (χ1v) is 8.37. The second kappa shape index (κ2) is 6.80. The Morgan fingerprint density at radius 1 is 1.36 bits per heavy atom. The van der Waals surface area contributed by atoms with Crippen LogP contribution in [0.3, 0.4) is 0 Å². The molecule has 120 valence electrons. The van der Waals surface area contributed by atoms with E-state index in [4.69, 9.17) is 4.74 Å². The SMILES string of the molecule is CC(C)c1ccc(C(=O)NCC2CN3CCCC3CO2)cc1. The first-order chi connectivity index (χ1) is 10.6. The minimum absolute atomic E-state index is 0.0116. The summed E-state index contributed by atoms with van der Waals surface area (Å²) in [5.74, 6) is 0.476. The molecule has 4 nitrogen and oxygen atoms in total. The van der Waals surface area contributed by atoms with Crippen molar-refractivity contribution in [1.82, 2.24) is 10.2 Å². The number of ether oxygens (including phenoxy) is 1. The summed E-state index contributed by atoms with van der Waals surface area (Å²) in [5.41, 5.74) is 1.98. The molecule has 2 saturated heterocycles. The van der Waals surface area contributed by atoms with E-state index in [-0.39, 0.29) is 12.0 Å². The molecular weight excluding hydrogens is 276 g/mol. The van der Waals surface area contributed by atoms with E-state index in [0.29, 0.717) is 18.5 Å². The number of hydrogen-bond acceptors (Lipinski definition) is 3. The summed E-state index contributed by atoms with van der Waals surface area (Å²) in [6.07, 6.45) is 2.64.